The molecule has 1 aromatic carbocycles. The first-order valence-electron chi connectivity index (χ1n) is 7.16. The number of hydrogen-bond donors (Lipinski definition) is 1. The largest absolute Gasteiger partial charge is 0.480 e. The van der Waals surface area contributed by atoms with Gasteiger partial charge >= 0.3 is 5.97 Å². The van der Waals surface area contributed by atoms with Gasteiger partial charge in [0.15, 0.2) is 0 Å². The van der Waals surface area contributed by atoms with E-state index in [0.717, 1.165) is 24.1 Å². The second-order valence-electron chi connectivity index (χ2n) is 5.41. The summed E-state index contributed by atoms with van der Waals surface area (Å²) in [5.41, 5.74) is 3.53. The molecule has 0 aliphatic carbocycles. The molecule has 0 radical (unpaired) electrons. The van der Waals surface area contributed by atoms with E-state index < -0.39 is 12.0 Å². The second-order valence-corrected chi connectivity index (χ2v) is 5.41. The summed E-state index contributed by atoms with van der Waals surface area (Å²) in [5.74, 6) is -0.740. The number of carboxylic acids is 1. The van der Waals surface area contributed by atoms with Gasteiger partial charge in [-0.15, -0.1) is 0 Å². The molecule has 4 heteroatoms. The first kappa shape index (κ1) is 13.8. The van der Waals surface area contributed by atoms with Crippen LogP contribution in [0, 0.1) is 0 Å². The van der Waals surface area contributed by atoms with Gasteiger partial charge in [0.2, 0.25) is 0 Å². The van der Waals surface area contributed by atoms with Crippen molar-refractivity contribution in [2.75, 3.05) is 6.54 Å². The zero-order valence-electron chi connectivity index (χ0n) is 11.8. The van der Waals surface area contributed by atoms with Gasteiger partial charge in [-0.25, -0.2) is 0 Å². The van der Waals surface area contributed by atoms with Gasteiger partial charge in [-0.1, -0.05) is 30.3 Å². The van der Waals surface area contributed by atoms with E-state index in [1.54, 1.807) is 6.20 Å². The maximum absolute atomic E-state index is 11.5. The third-order valence-electron chi connectivity index (χ3n) is 4.04. The molecule has 2 heterocycles. The number of benzene rings is 1. The molecule has 1 aliphatic heterocycles. The first-order valence-corrected chi connectivity index (χ1v) is 7.16. The quantitative estimate of drug-likeness (QED) is 0.933. The van der Waals surface area contributed by atoms with Crippen LogP contribution in [0.3, 0.4) is 0 Å². The lowest BCUT2D eigenvalue weighted by molar-refractivity contribution is -0.143. The fourth-order valence-electron chi connectivity index (χ4n) is 2.87. The zero-order chi connectivity index (χ0) is 14.7. The van der Waals surface area contributed by atoms with E-state index in [9.17, 15) is 9.90 Å². The summed E-state index contributed by atoms with van der Waals surface area (Å²) in [5, 5.41) is 9.48. The van der Waals surface area contributed by atoms with Crippen LogP contribution in [0.1, 0.15) is 16.7 Å². The van der Waals surface area contributed by atoms with Crippen LogP contribution in [0.2, 0.25) is 0 Å². The highest BCUT2D eigenvalue weighted by Crippen LogP contribution is 2.23. The van der Waals surface area contributed by atoms with Crippen LogP contribution in [-0.2, 0) is 24.2 Å². The summed E-state index contributed by atoms with van der Waals surface area (Å²) in [6.45, 7) is 1.43. The molecule has 21 heavy (non-hydrogen) atoms. The maximum Gasteiger partial charge on any atom is 0.321 e. The smallest absolute Gasteiger partial charge is 0.321 e. The van der Waals surface area contributed by atoms with Crippen molar-refractivity contribution in [2.24, 2.45) is 0 Å². The molecule has 0 saturated heterocycles. The summed E-state index contributed by atoms with van der Waals surface area (Å²) in [6, 6.07) is 11.6. The Morgan fingerprint density at radius 2 is 2.05 bits per heavy atom. The van der Waals surface area contributed by atoms with E-state index in [2.05, 4.69) is 16.0 Å². The minimum atomic E-state index is -0.740. The molecule has 0 saturated carbocycles. The topological polar surface area (TPSA) is 53.4 Å². The van der Waals surface area contributed by atoms with Crippen molar-refractivity contribution in [3.05, 3.63) is 65.5 Å². The number of nitrogens with zero attached hydrogens (tertiary/aromatic N) is 2. The number of aromatic nitrogens is 1. The predicted molar refractivity (Wildman–Crippen MR) is 79.9 cm³/mol. The molecule has 1 atom stereocenters. The Morgan fingerprint density at radius 3 is 2.76 bits per heavy atom. The van der Waals surface area contributed by atoms with E-state index in [4.69, 9.17) is 0 Å². The molecule has 4 nitrogen and oxygen atoms in total. The molecule has 0 unspecified atom stereocenters. The summed E-state index contributed by atoms with van der Waals surface area (Å²) >= 11 is 0. The van der Waals surface area contributed by atoms with Crippen LogP contribution in [0.5, 0.6) is 0 Å². The number of pyridine rings is 1. The molecule has 0 fully saturated rings. The van der Waals surface area contributed by atoms with Gasteiger partial charge in [0.05, 0.1) is 0 Å². The lowest BCUT2D eigenvalue weighted by Crippen LogP contribution is -2.46. The molecular formula is C17H18N2O2. The lowest BCUT2D eigenvalue weighted by atomic mass is 9.93. The molecule has 1 aliphatic rings. The maximum atomic E-state index is 11.5. The molecule has 0 amide bonds. The van der Waals surface area contributed by atoms with Gasteiger partial charge in [0.25, 0.3) is 0 Å². The highest BCUT2D eigenvalue weighted by atomic mass is 16.4. The van der Waals surface area contributed by atoms with Gasteiger partial charge in [0.1, 0.15) is 6.04 Å². The number of carboxylic acid groups (broad SMARTS) is 1. The number of hydrogen-bond acceptors (Lipinski definition) is 3. The van der Waals surface area contributed by atoms with Crippen LogP contribution in [0.4, 0.5) is 0 Å². The molecule has 1 aromatic heterocycles. The van der Waals surface area contributed by atoms with Crippen molar-refractivity contribution in [1.82, 2.24) is 9.88 Å². The van der Waals surface area contributed by atoms with E-state index in [1.165, 1.54) is 5.56 Å². The Hall–Kier alpha value is -2.20. The standard InChI is InChI=1S/C17H18N2O2/c20-17(21)16-10-14-5-1-2-6-15(14)12-19(16)9-7-13-4-3-8-18-11-13/h1-6,8,11,16H,7,9-10,12H2,(H,20,21)/t16-/m0/s1. The van der Waals surface area contributed by atoms with Crippen molar-refractivity contribution in [3.8, 4) is 0 Å². The van der Waals surface area contributed by atoms with Crippen molar-refractivity contribution in [1.29, 1.82) is 0 Å². The van der Waals surface area contributed by atoms with Crippen molar-refractivity contribution < 1.29 is 9.90 Å². The van der Waals surface area contributed by atoms with Crippen molar-refractivity contribution in [2.45, 2.75) is 25.4 Å². The Labute approximate surface area is 124 Å². The van der Waals surface area contributed by atoms with Gasteiger partial charge in [-0.05, 0) is 35.6 Å². The second kappa shape index (κ2) is 6.06. The molecule has 108 valence electrons. The van der Waals surface area contributed by atoms with Crippen molar-refractivity contribution >= 4 is 5.97 Å². The van der Waals surface area contributed by atoms with Gasteiger partial charge in [-0.3, -0.25) is 14.7 Å². The normalized spacial score (nSPS) is 18.2. The fraction of sp³-hybridized carbons (Fsp3) is 0.294. The summed E-state index contributed by atoms with van der Waals surface area (Å²) in [7, 11) is 0. The minimum Gasteiger partial charge on any atom is -0.480 e. The SMILES string of the molecule is O=C(O)[C@@H]1Cc2ccccc2CN1CCc1cccnc1. The molecule has 2 aromatic rings. The Balaban J connectivity index is 1.75. The van der Waals surface area contributed by atoms with Crippen LogP contribution in [0.25, 0.3) is 0 Å². The molecular weight excluding hydrogens is 264 g/mol. The summed E-state index contributed by atoms with van der Waals surface area (Å²) in [4.78, 5) is 17.7. The van der Waals surface area contributed by atoms with Gasteiger partial charge in [0, 0.05) is 25.5 Å². The monoisotopic (exact) mass is 282 g/mol. The summed E-state index contributed by atoms with van der Waals surface area (Å²) in [6.07, 6.45) is 4.99. The van der Waals surface area contributed by atoms with E-state index in [1.807, 2.05) is 36.5 Å². The average molecular weight is 282 g/mol. The number of fused-ring (bicyclic) bond motifs is 1. The first-order chi connectivity index (χ1) is 10.2. The highest BCUT2D eigenvalue weighted by Gasteiger charge is 2.30. The summed E-state index contributed by atoms with van der Waals surface area (Å²) < 4.78 is 0. The Kier molecular flexibility index (Phi) is 3.97. The fourth-order valence-corrected chi connectivity index (χ4v) is 2.87. The van der Waals surface area contributed by atoms with Crippen LogP contribution in [-0.4, -0.2) is 33.5 Å². The molecule has 3 rings (SSSR count). The van der Waals surface area contributed by atoms with Gasteiger partial charge in [-0.2, -0.15) is 0 Å². The van der Waals surface area contributed by atoms with E-state index in [-0.39, 0.29) is 0 Å². The highest BCUT2D eigenvalue weighted by molar-refractivity contribution is 5.74. The number of aliphatic carboxylic acids is 1. The van der Waals surface area contributed by atoms with Crippen LogP contribution >= 0.6 is 0 Å². The predicted octanol–water partition coefficient (Wildman–Crippen LogP) is 2.14. The molecule has 0 spiro atoms. The third-order valence-corrected chi connectivity index (χ3v) is 4.04. The lowest BCUT2D eigenvalue weighted by Gasteiger charge is -2.34. The number of carbonyl (C=O) groups is 1. The molecule has 0 bridgehead atoms. The van der Waals surface area contributed by atoms with E-state index in [0.29, 0.717) is 13.0 Å². The zero-order valence-corrected chi connectivity index (χ0v) is 11.8. The average Bonchev–Trinajstić information content (AvgIpc) is 2.53. The third kappa shape index (κ3) is 3.11. The minimum absolute atomic E-state index is 0.434. The van der Waals surface area contributed by atoms with Crippen LogP contribution < -0.4 is 0 Å². The van der Waals surface area contributed by atoms with Crippen LogP contribution in [0.15, 0.2) is 48.8 Å². The van der Waals surface area contributed by atoms with E-state index >= 15 is 0 Å². The number of rotatable bonds is 4. The van der Waals surface area contributed by atoms with Gasteiger partial charge < -0.3 is 5.11 Å². The Bertz CT molecular complexity index is 628. The Morgan fingerprint density at radius 1 is 1.24 bits per heavy atom. The van der Waals surface area contributed by atoms with Crippen molar-refractivity contribution in [3.63, 3.8) is 0 Å². The molecule has 1 N–H and O–H groups in total.